The number of anilines is 1. The zero-order valence-corrected chi connectivity index (χ0v) is 12.0. The molecule has 104 valence electrons. The molecule has 3 heteroatoms. The van der Waals surface area contributed by atoms with Crippen LogP contribution in [0.25, 0.3) is 0 Å². The number of rotatable bonds is 3. The lowest BCUT2D eigenvalue weighted by Gasteiger charge is -2.19. The predicted octanol–water partition coefficient (Wildman–Crippen LogP) is 2.50. The molecule has 2 N–H and O–H groups in total. The standard InChI is InChI=1S/C18H17N3/c1-21(18-9-3-6-16(12-18)13-20)14-17-7-2-5-15(11-17)8-4-10-19/h2-3,5-7,9,11-12H,10,14,19H2,1H3. The zero-order valence-electron chi connectivity index (χ0n) is 12.0. The average Bonchev–Trinajstić information content (AvgIpc) is 2.53. The molecule has 0 aliphatic rings. The molecule has 0 aromatic heterocycles. The summed E-state index contributed by atoms with van der Waals surface area (Å²) in [5.74, 6) is 5.90. The van der Waals surface area contributed by atoms with Crippen molar-refractivity contribution in [2.45, 2.75) is 6.54 Å². The van der Waals surface area contributed by atoms with Crippen LogP contribution in [0.3, 0.4) is 0 Å². The summed E-state index contributed by atoms with van der Waals surface area (Å²) < 4.78 is 0. The van der Waals surface area contributed by atoms with Crippen LogP contribution in [0.2, 0.25) is 0 Å². The molecule has 0 aliphatic heterocycles. The van der Waals surface area contributed by atoms with Crippen LogP contribution < -0.4 is 10.6 Å². The lowest BCUT2D eigenvalue weighted by Crippen LogP contribution is -2.16. The number of nitrogens with zero attached hydrogens (tertiary/aromatic N) is 2. The lowest BCUT2D eigenvalue weighted by molar-refractivity contribution is 0.922. The molecule has 2 rings (SSSR count). The highest BCUT2D eigenvalue weighted by Gasteiger charge is 2.03. The van der Waals surface area contributed by atoms with Crippen LogP contribution in [0.15, 0.2) is 48.5 Å². The number of hydrogen-bond donors (Lipinski definition) is 1. The quantitative estimate of drug-likeness (QED) is 0.876. The summed E-state index contributed by atoms with van der Waals surface area (Å²) in [5, 5.41) is 8.96. The summed E-state index contributed by atoms with van der Waals surface area (Å²) in [6.45, 7) is 1.12. The van der Waals surface area contributed by atoms with Gasteiger partial charge in [0.15, 0.2) is 0 Å². The van der Waals surface area contributed by atoms with Gasteiger partial charge in [-0.2, -0.15) is 5.26 Å². The third kappa shape index (κ3) is 4.11. The van der Waals surface area contributed by atoms with Gasteiger partial charge in [-0.15, -0.1) is 0 Å². The van der Waals surface area contributed by atoms with Crippen LogP contribution in [0.5, 0.6) is 0 Å². The molecular weight excluding hydrogens is 258 g/mol. The Hall–Kier alpha value is -2.75. The van der Waals surface area contributed by atoms with Crippen molar-refractivity contribution in [2.24, 2.45) is 5.73 Å². The summed E-state index contributed by atoms with van der Waals surface area (Å²) in [4.78, 5) is 2.11. The molecule has 0 amide bonds. The molecule has 0 spiro atoms. The second-order valence-electron chi connectivity index (χ2n) is 4.72. The van der Waals surface area contributed by atoms with Crippen molar-refractivity contribution in [3.63, 3.8) is 0 Å². The molecule has 3 nitrogen and oxygen atoms in total. The average molecular weight is 275 g/mol. The van der Waals surface area contributed by atoms with Crippen LogP contribution >= 0.6 is 0 Å². The van der Waals surface area contributed by atoms with Gasteiger partial charge in [0, 0.05) is 24.8 Å². The van der Waals surface area contributed by atoms with Gasteiger partial charge in [-0.05, 0) is 35.9 Å². The lowest BCUT2D eigenvalue weighted by atomic mass is 10.1. The Morgan fingerprint density at radius 3 is 2.62 bits per heavy atom. The van der Waals surface area contributed by atoms with Crippen LogP contribution in [-0.4, -0.2) is 13.6 Å². The van der Waals surface area contributed by atoms with Gasteiger partial charge in [-0.25, -0.2) is 0 Å². The Labute approximate surface area is 125 Å². The van der Waals surface area contributed by atoms with Gasteiger partial charge in [0.05, 0.1) is 18.2 Å². The summed E-state index contributed by atoms with van der Waals surface area (Å²) in [5.41, 5.74) is 9.22. The van der Waals surface area contributed by atoms with Crippen molar-refractivity contribution < 1.29 is 0 Å². The van der Waals surface area contributed by atoms with Crippen molar-refractivity contribution in [3.8, 4) is 17.9 Å². The van der Waals surface area contributed by atoms with E-state index in [-0.39, 0.29) is 0 Å². The van der Waals surface area contributed by atoms with E-state index in [1.54, 1.807) is 6.07 Å². The topological polar surface area (TPSA) is 53.0 Å². The van der Waals surface area contributed by atoms with Gasteiger partial charge in [-0.1, -0.05) is 30.0 Å². The first kappa shape index (κ1) is 14.7. The van der Waals surface area contributed by atoms with Crippen LogP contribution in [0, 0.1) is 23.2 Å². The van der Waals surface area contributed by atoms with Crippen molar-refractivity contribution in [3.05, 3.63) is 65.2 Å². The fraction of sp³-hybridized carbons (Fsp3) is 0.167. The number of nitrogens with two attached hydrogens (primary N) is 1. The highest BCUT2D eigenvalue weighted by Crippen LogP contribution is 2.17. The molecular formula is C18H17N3. The summed E-state index contributed by atoms with van der Waals surface area (Å²) >= 11 is 0. The second-order valence-corrected chi connectivity index (χ2v) is 4.72. The molecule has 2 aromatic rings. The van der Waals surface area contributed by atoms with E-state index in [4.69, 9.17) is 11.0 Å². The molecule has 0 saturated heterocycles. The molecule has 0 aliphatic carbocycles. The molecule has 0 radical (unpaired) electrons. The highest BCUT2D eigenvalue weighted by molar-refractivity contribution is 5.51. The van der Waals surface area contributed by atoms with E-state index in [2.05, 4.69) is 34.9 Å². The Bertz CT molecular complexity index is 717. The second kappa shape index (κ2) is 7.14. The van der Waals surface area contributed by atoms with Crippen molar-refractivity contribution in [1.29, 1.82) is 5.26 Å². The maximum atomic E-state index is 8.96. The number of benzene rings is 2. The first-order valence-electron chi connectivity index (χ1n) is 6.72. The van der Waals surface area contributed by atoms with E-state index in [9.17, 15) is 0 Å². The van der Waals surface area contributed by atoms with E-state index in [1.807, 2.05) is 37.4 Å². The molecule has 2 aromatic carbocycles. The molecule has 0 unspecified atom stereocenters. The first-order valence-corrected chi connectivity index (χ1v) is 6.72. The Kier molecular flexibility index (Phi) is 4.99. The van der Waals surface area contributed by atoms with Gasteiger partial charge >= 0.3 is 0 Å². The summed E-state index contributed by atoms with van der Waals surface area (Å²) in [6.07, 6.45) is 0. The highest BCUT2D eigenvalue weighted by atomic mass is 15.1. The molecule has 21 heavy (non-hydrogen) atoms. The van der Waals surface area contributed by atoms with Crippen molar-refractivity contribution >= 4 is 5.69 Å². The van der Waals surface area contributed by atoms with E-state index in [1.165, 1.54) is 5.56 Å². The predicted molar refractivity (Wildman–Crippen MR) is 85.6 cm³/mol. The van der Waals surface area contributed by atoms with Crippen molar-refractivity contribution in [2.75, 3.05) is 18.5 Å². The Balaban J connectivity index is 2.15. The number of nitriles is 1. The van der Waals surface area contributed by atoms with Gasteiger partial charge in [0.2, 0.25) is 0 Å². The minimum Gasteiger partial charge on any atom is -0.370 e. The fourth-order valence-corrected chi connectivity index (χ4v) is 2.08. The Morgan fingerprint density at radius 2 is 1.86 bits per heavy atom. The third-order valence-corrected chi connectivity index (χ3v) is 3.10. The van der Waals surface area contributed by atoms with E-state index in [0.29, 0.717) is 12.1 Å². The monoisotopic (exact) mass is 275 g/mol. The van der Waals surface area contributed by atoms with Crippen molar-refractivity contribution in [1.82, 2.24) is 0 Å². The van der Waals surface area contributed by atoms with Gasteiger partial charge in [0.1, 0.15) is 0 Å². The molecule has 0 fully saturated rings. The molecule has 0 heterocycles. The largest absolute Gasteiger partial charge is 0.370 e. The van der Waals surface area contributed by atoms with Gasteiger partial charge in [-0.3, -0.25) is 0 Å². The summed E-state index contributed by atoms with van der Waals surface area (Å²) in [7, 11) is 2.01. The first-order chi connectivity index (χ1) is 10.2. The minimum absolute atomic E-state index is 0.366. The maximum Gasteiger partial charge on any atom is 0.0992 e. The van der Waals surface area contributed by atoms with Gasteiger partial charge < -0.3 is 10.6 Å². The van der Waals surface area contributed by atoms with Crippen LogP contribution in [0.4, 0.5) is 5.69 Å². The minimum atomic E-state index is 0.366. The third-order valence-electron chi connectivity index (χ3n) is 3.10. The normalized spacial score (nSPS) is 9.38. The Morgan fingerprint density at radius 1 is 1.10 bits per heavy atom. The summed E-state index contributed by atoms with van der Waals surface area (Å²) in [6, 6.07) is 17.9. The maximum absolute atomic E-state index is 8.96. The SMILES string of the molecule is CN(Cc1cccc(C#CCN)c1)c1cccc(C#N)c1. The smallest absolute Gasteiger partial charge is 0.0992 e. The fourth-order valence-electron chi connectivity index (χ4n) is 2.08. The van der Waals surface area contributed by atoms with Crippen LogP contribution in [-0.2, 0) is 6.54 Å². The van der Waals surface area contributed by atoms with Crippen LogP contribution in [0.1, 0.15) is 16.7 Å². The molecule has 0 saturated carbocycles. The van der Waals surface area contributed by atoms with E-state index < -0.39 is 0 Å². The zero-order chi connectivity index (χ0) is 15.1. The van der Waals surface area contributed by atoms with E-state index in [0.717, 1.165) is 17.8 Å². The van der Waals surface area contributed by atoms with E-state index >= 15 is 0 Å². The van der Waals surface area contributed by atoms with Gasteiger partial charge in [0.25, 0.3) is 0 Å². The molecule has 0 bridgehead atoms. The molecule has 0 atom stereocenters. The number of hydrogen-bond acceptors (Lipinski definition) is 3.